The first kappa shape index (κ1) is 37.1. The number of carboxylic acid groups (broad SMARTS) is 1. The molecule has 4 atom stereocenters. The molecule has 278 valence electrons. The van der Waals surface area contributed by atoms with Gasteiger partial charge >= 0.3 is 5.97 Å². The maximum Gasteiger partial charge on any atom is 0.326 e. The van der Waals surface area contributed by atoms with Crippen LogP contribution in [0.2, 0.25) is 0 Å². The molecule has 3 heterocycles. The number of rotatable bonds is 7. The predicted octanol–water partition coefficient (Wildman–Crippen LogP) is 5.16. The fourth-order valence-electron chi connectivity index (χ4n) is 6.84. The number of aromatic nitrogens is 1. The largest absolute Gasteiger partial charge is 0.497 e. The van der Waals surface area contributed by atoms with E-state index in [0.29, 0.717) is 40.3 Å². The Balaban J connectivity index is 1.37. The summed E-state index contributed by atoms with van der Waals surface area (Å²) < 4.78 is 18.0. The van der Waals surface area contributed by atoms with Gasteiger partial charge in [-0.3, -0.25) is 14.4 Å². The van der Waals surface area contributed by atoms with Crippen LogP contribution in [0, 0.1) is 5.41 Å². The Morgan fingerprint density at radius 2 is 1.83 bits per heavy atom. The molecule has 0 radical (unpaired) electrons. The molecule has 12 heteroatoms. The fourth-order valence-corrected chi connectivity index (χ4v) is 6.84. The number of methoxy groups -OCH3 is 1. The van der Waals surface area contributed by atoms with Crippen LogP contribution in [0.1, 0.15) is 52.0 Å². The van der Waals surface area contributed by atoms with Crippen LogP contribution >= 0.6 is 0 Å². The molecule has 0 unspecified atom stereocenters. The van der Waals surface area contributed by atoms with E-state index >= 15 is 0 Å². The second kappa shape index (κ2) is 15.9. The number of pyridine rings is 1. The second-order valence-electron chi connectivity index (χ2n) is 14.8. The van der Waals surface area contributed by atoms with E-state index in [1.807, 2.05) is 93.6 Å². The normalized spacial score (nSPS) is 21.0. The van der Waals surface area contributed by atoms with Crippen molar-refractivity contribution < 1.29 is 38.5 Å². The molecule has 0 saturated carbocycles. The summed E-state index contributed by atoms with van der Waals surface area (Å²) in [6.07, 6.45) is 0.260. The molecule has 2 bridgehead atoms. The van der Waals surface area contributed by atoms with Crippen LogP contribution in [-0.2, 0) is 25.6 Å². The van der Waals surface area contributed by atoms with E-state index in [4.69, 9.17) is 19.2 Å². The van der Waals surface area contributed by atoms with Gasteiger partial charge in [0.1, 0.15) is 41.5 Å². The maximum absolute atomic E-state index is 14.6. The Morgan fingerprint density at radius 1 is 1.04 bits per heavy atom. The Bertz CT molecular complexity index is 1980. The number of nitrogens with zero attached hydrogens (tertiary/aromatic N) is 2. The van der Waals surface area contributed by atoms with Crippen molar-refractivity contribution in [1.82, 2.24) is 20.5 Å². The minimum atomic E-state index is -1.20. The molecular weight excluding hydrogens is 676 g/mol. The van der Waals surface area contributed by atoms with Gasteiger partial charge in [0.25, 0.3) is 0 Å². The molecule has 6 rings (SSSR count). The lowest BCUT2D eigenvalue weighted by Crippen LogP contribution is -2.56. The third-order valence-electron chi connectivity index (χ3n) is 9.37. The van der Waals surface area contributed by atoms with E-state index in [1.54, 1.807) is 13.2 Å². The number of carbonyl (C=O) groups excluding carboxylic acids is 3. The fraction of sp³-hybridized carbons (Fsp3) is 0.390. The first-order chi connectivity index (χ1) is 25.4. The van der Waals surface area contributed by atoms with Gasteiger partial charge in [-0.25, -0.2) is 9.78 Å². The summed E-state index contributed by atoms with van der Waals surface area (Å²) in [6.45, 7) is 6.07. The monoisotopic (exact) mass is 722 g/mol. The highest BCUT2D eigenvalue weighted by molar-refractivity contribution is 5.94. The molecule has 2 aliphatic heterocycles. The topological polar surface area (TPSA) is 156 Å². The summed E-state index contributed by atoms with van der Waals surface area (Å²) >= 11 is 0. The van der Waals surface area contributed by atoms with Gasteiger partial charge in [0.2, 0.25) is 17.7 Å². The summed E-state index contributed by atoms with van der Waals surface area (Å²) in [5.74, 6) is -0.875. The summed E-state index contributed by atoms with van der Waals surface area (Å²) in [5.41, 5.74) is 2.60. The smallest absolute Gasteiger partial charge is 0.326 e. The molecule has 12 nitrogen and oxygen atoms in total. The van der Waals surface area contributed by atoms with Crippen molar-refractivity contribution in [3.8, 4) is 28.5 Å². The highest BCUT2D eigenvalue weighted by atomic mass is 16.5. The Morgan fingerprint density at radius 3 is 2.57 bits per heavy atom. The number of carboxylic acids is 1. The number of amides is 3. The first-order valence-corrected chi connectivity index (χ1v) is 17.9. The van der Waals surface area contributed by atoms with Gasteiger partial charge in [-0.05, 0) is 48.1 Å². The lowest BCUT2D eigenvalue weighted by Gasteiger charge is -2.30. The van der Waals surface area contributed by atoms with Crippen LogP contribution in [0.25, 0.3) is 22.2 Å². The minimum Gasteiger partial charge on any atom is -0.497 e. The van der Waals surface area contributed by atoms with Crippen molar-refractivity contribution in [2.45, 2.75) is 77.1 Å². The van der Waals surface area contributed by atoms with Gasteiger partial charge in [0, 0.05) is 42.3 Å². The Kier molecular flexibility index (Phi) is 11.2. The van der Waals surface area contributed by atoms with Gasteiger partial charge in [-0.1, -0.05) is 63.2 Å². The summed E-state index contributed by atoms with van der Waals surface area (Å²) in [6, 6.07) is 21.0. The maximum atomic E-state index is 14.6. The molecule has 2 aliphatic rings. The third-order valence-corrected chi connectivity index (χ3v) is 9.37. The molecule has 53 heavy (non-hydrogen) atoms. The van der Waals surface area contributed by atoms with E-state index in [0.717, 1.165) is 11.1 Å². The molecule has 4 aromatic rings. The van der Waals surface area contributed by atoms with Crippen molar-refractivity contribution in [1.29, 1.82) is 0 Å². The molecule has 3 N–H and O–H groups in total. The van der Waals surface area contributed by atoms with Crippen LogP contribution in [0.15, 0.2) is 78.9 Å². The molecule has 1 fully saturated rings. The zero-order valence-electron chi connectivity index (χ0n) is 30.5. The van der Waals surface area contributed by atoms with Gasteiger partial charge in [-0.2, -0.15) is 0 Å². The molecule has 3 aromatic carbocycles. The number of carbonyl (C=O) groups is 4. The minimum absolute atomic E-state index is 0.0179. The van der Waals surface area contributed by atoms with Crippen molar-refractivity contribution in [3.05, 3.63) is 84.4 Å². The van der Waals surface area contributed by atoms with E-state index in [1.165, 1.54) is 4.90 Å². The summed E-state index contributed by atoms with van der Waals surface area (Å²) in [5, 5.41) is 16.4. The number of ether oxygens (including phenoxy) is 3. The van der Waals surface area contributed by atoms with Gasteiger partial charge < -0.3 is 34.9 Å². The molecule has 3 amide bonds. The van der Waals surface area contributed by atoms with Gasteiger partial charge in [0.05, 0.1) is 31.5 Å². The van der Waals surface area contributed by atoms with E-state index in [2.05, 4.69) is 10.6 Å². The SMILES string of the molecule is COc1ccc2c(O[C@@H]3C[C@H]4C(=O)N[C@@H](C(=O)O)CCCOc5cccc(c5)C[C@@H](NC(=O)CC(C)(C)C)C(=O)N4C3)cc(-c3ccccc3)nc2c1. The van der Waals surface area contributed by atoms with Crippen LogP contribution in [0.3, 0.4) is 0 Å². The first-order valence-electron chi connectivity index (χ1n) is 17.9. The average Bonchev–Trinajstić information content (AvgIpc) is 3.55. The van der Waals surface area contributed by atoms with Crippen LogP contribution in [-0.4, -0.2) is 83.2 Å². The van der Waals surface area contributed by atoms with Crippen LogP contribution in [0.5, 0.6) is 17.2 Å². The lowest BCUT2D eigenvalue weighted by molar-refractivity contribution is -0.145. The van der Waals surface area contributed by atoms with Crippen molar-refractivity contribution in [3.63, 3.8) is 0 Å². The summed E-state index contributed by atoms with van der Waals surface area (Å²) in [7, 11) is 1.58. The number of aliphatic carboxylic acids is 1. The molecule has 0 spiro atoms. The lowest BCUT2D eigenvalue weighted by atomic mass is 9.91. The summed E-state index contributed by atoms with van der Waals surface area (Å²) in [4.78, 5) is 60.6. The van der Waals surface area contributed by atoms with Crippen LogP contribution < -0.4 is 24.8 Å². The van der Waals surface area contributed by atoms with Gasteiger partial charge in [-0.15, -0.1) is 0 Å². The number of hydrogen-bond donors (Lipinski definition) is 3. The van der Waals surface area contributed by atoms with Crippen molar-refractivity contribution in [2.24, 2.45) is 5.41 Å². The van der Waals surface area contributed by atoms with E-state index in [9.17, 15) is 24.3 Å². The van der Waals surface area contributed by atoms with E-state index < -0.39 is 42.0 Å². The number of hydrogen-bond acceptors (Lipinski definition) is 8. The molecule has 0 aliphatic carbocycles. The highest BCUT2D eigenvalue weighted by Crippen LogP contribution is 2.35. The molecular formula is C41H46N4O8. The Hall–Kier alpha value is -5.65. The second-order valence-corrected chi connectivity index (χ2v) is 14.8. The van der Waals surface area contributed by atoms with Crippen LogP contribution in [0.4, 0.5) is 0 Å². The van der Waals surface area contributed by atoms with E-state index in [-0.39, 0.29) is 50.2 Å². The highest BCUT2D eigenvalue weighted by Gasteiger charge is 2.44. The predicted molar refractivity (Wildman–Crippen MR) is 199 cm³/mol. The standard InChI is InChI=1S/C41H46N4O8/c1-41(2,3)23-37(46)43-34-19-25-10-8-13-28(18-25)52-17-9-14-31(40(49)50)44-38(47)35-21-29(24-45(35)39(34)48)53-36-22-32(26-11-6-5-7-12-26)42-33-20-27(51-4)15-16-30(33)36/h5-8,10-13,15-16,18,20,22,29,31,34-35H,9,14,17,19,21,23-24H2,1-4H3,(H,43,46)(H,44,47)(H,49,50)/t29-,31-,34-,35+/m1/s1. The van der Waals surface area contributed by atoms with Crippen molar-refractivity contribution in [2.75, 3.05) is 20.3 Å². The number of fused-ring (bicyclic) bond motifs is 4. The Labute approximate surface area is 308 Å². The number of benzene rings is 3. The zero-order chi connectivity index (χ0) is 37.7. The average molecular weight is 723 g/mol. The molecule has 1 aromatic heterocycles. The van der Waals surface area contributed by atoms with Crippen molar-refractivity contribution >= 4 is 34.6 Å². The quantitative estimate of drug-likeness (QED) is 0.234. The molecule has 1 saturated heterocycles. The third kappa shape index (κ3) is 9.24. The van der Waals surface area contributed by atoms with Gasteiger partial charge in [0.15, 0.2) is 0 Å². The zero-order valence-corrected chi connectivity index (χ0v) is 30.5. The number of nitrogens with one attached hydrogen (secondary N) is 2.